The number of nitrogens with one attached hydrogen (secondary N) is 1. The van der Waals surface area contributed by atoms with Crippen molar-refractivity contribution >= 4 is 33.3 Å². The molecule has 0 bridgehead atoms. The number of aldehydes is 1. The number of aryl methyl sites for hydroxylation is 1. The Bertz CT molecular complexity index is 674. The molecule has 1 aromatic carbocycles. The van der Waals surface area contributed by atoms with Crippen LogP contribution in [-0.4, -0.2) is 14.7 Å². The van der Waals surface area contributed by atoms with Crippen LogP contribution in [0.25, 0.3) is 0 Å². The maximum Gasteiger partial charge on any atom is 0.271 e. The number of thiophene rings is 1. The maximum atomic E-state index is 12.0. The minimum Gasteiger partial charge on any atom is -0.298 e. The van der Waals surface area contributed by atoms with Gasteiger partial charge in [0.2, 0.25) is 0 Å². The normalized spacial score (nSPS) is 11.2. The van der Waals surface area contributed by atoms with Crippen LogP contribution in [0.1, 0.15) is 15.2 Å². The molecule has 6 heteroatoms. The Morgan fingerprint density at radius 1 is 1.22 bits per heavy atom. The van der Waals surface area contributed by atoms with E-state index in [4.69, 9.17) is 0 Å². The molecule has 94 valence electrons. The molecule has 18 heavy (non-hydrogen) atoms. The number of anilines is 1. The van der Waals surface area contributed by atoms with Crippen LogP contribution in [0.15, 0.2) is 40.6 Å². The minimum atomic E-state index is -3.56. The number of hydrogen-bond acceptors (Lipinski definition) is 4. The van der Waals surface area contributed by atoms with E-state index in [1.807, 2.05) is 6.92 Å². The lowest BCUT2D eigenvalue weighted by Crippen LogP contribution is -2.11. The zero-order valence-corrected chi connectivity index (χ0v) is 11.2. The van der Waals surface area contributed by atoms with E-state index in [0.717, 1.165) is 4.88 Å². The SMILES string of the molecule is Cc1ccc(S(=O)(=O)Nc2cccc(C=O)c2)s1. The van der Waals surface area contributed by atoms with Crippen LogP contribution >= 0.6 is 11.3 Å². The first-order valence-corrected chi connectivity index (χ1v) is 7.46. The third-order valence-corrected chi connectivity index (χ3v) is 5.13. The van der Waals surface area contributed by atoms with E-state index in [1.54, 1.807) is 30.3 Å². The van der Waals surface area contributed by atoms with Gasteiger partial charge in [-0.3, -0.25) is 9.52 Å². The second kappa shape index (κ2) is 4.91. The molecule has 4 nitrogen and oxygen atoms in total. The highest BCUT2D eigenvalue weighted by Crippen LogP contribution is 2.23. The van der Waals surface area contributed by atoms with Crippen molar-refractivity contribution in [3.05, 3.63) is 46.8 Å². The fourth-order valence-corrected chi connectivity index (χ4v) is 3.77. The van der Waals surface area contributed by atoms with Gasteiger partial charge in [0.05, 0.1) is 0 Å². The van der Waals surface area contributed by atoms with Crippen LogP contribution in [0.4, 0.5) is 5.69 Å². The number of carbonyl (C=O) groups excluding carboxylic acids is 1. The van der Waals surface area contributed by atoms with Crippen molar-refractivity contribution in [2.24, 2.45) is 0 Å². The first-order chi connectivity index (χ1) is 8.51. The molecule has 0 unspecified atom stereocenters. The van der Waals surface area contributed by atoms with Crippen molar-refractivity contribution in [3.63, 3.8) is 0 Å². The van der Waals surface area contributed by atoms with Gasteiger partial charge in [0, 0.05) is 16.1 Å². The van der Waals surface area contributed by atoms with Gasteiger partial charge in [-0.25, -0.2) is 8.42 Å². The molecule has 0 saturated heterocycles. The summed E-state index contributed by atoms with van der Waals surface area (Å²) in [5.41, 5.74) is 0.809. The highest BCUT2D eigenvalue weighted by Gasteiger charge is 2.16. The molecule has 2 aromatic rings. The summed E-state index contributed by atoms with van der Waals surface area (Å²) in [6.45, 7) is 1.84. The van der Waals surface area contributed by atoms with Crippen molar-refractivity contribution < 1.29 is 13.2 Å². The molecule has 0 fully saturated rings. The van der Waals surface area contributed by atoms with Gasteiger partial charge in [-0.1, -0.05) is 12.1 Å². The van der Waals surface area contributed by atoms with Crippen LogP contribution in [0.2, 0.25) is 0 Å². The second-order valence-electron chi connectivity index (χ2n) is 3.71. The summed E-state index contributed by atoms with van der Waals surface area (Å²) in [7, 11) is -3.56. The quantitative estimate of drug-likeness (QED) is 0.876. The Balaban J connectivity index is 2.30. The molecule has 0 atom stereocenters. The molecule has 2 rings (SSSR count). The van der Waals surface area contributed by atoms with Gasteiger partial charge in [0.25, 0.3) is 10.0 Å². The second-order valence-corrected chi connectivity index (χ2v) is 6.91. The third kappa shape index (κ3) is 2.77. The minimum absolute atomic E-state index is 0.261. The van der Waals surface area contributed by atoms with E-state index in [-0.39, 0.29) is 4.21 Å². The standard InChI is InChI=1S/C12H11NO3S2/c1-9-5-6-12(17-9)18(15,16)13-11-4-2-3-10(7-11)8-14/h2-8,13H,1H3. The van der Waals surface area contributed by atoms with E-state index in [2.05, 4.69) is 4.72 Å². The molecule has 1 N–H and O–H groups in total. The molecule has 1 heterocycles. The van der Waals surface area contributed by atoms with Crippen molar-refractivity contribution in [1.29, 1.82) is 0 Å². The predicted molar refractivity (Wildman–Crippen MR) is 71.7 cm³/mol. The molecule has 0 spiro atoms. The van der Waals surface area contributed by atoms with Gasteiger partial charge in [-0.15, -0.1) is 11.3 Å². The summed E-state index contributed by atoms with van der Waals surface area (Å²) >= 11 is 1.20. The maximum absolute atomic E-state index is 12.0. The topological polar surface area (TPSA) is 63.2 Å². The Morgan fingerprint density at radius 2 is 2.00 bits per heavy atom. The van der Waals surface area contributed by atoms with Crippen LogP contribution < -0.4 is 4.72 Å². The average molecular weight is 281 g/mol. The third-order valence-electron chi connectivity index (χ3n) is 2.26. The summed E-state index contributed by atoms with van der Waals surface area (Å²) in [5, 5.41) is 0. The van der Waals surface area contributed by atoms with Crippen LogP contribution in [0, 0.1) is 6.92 Å². The molecule has 0 radical (unpaired) electrons. The lowest BCUT2D eigenvalue weighted by atomic mass is 10.2. The lowest BCUT2D eigenvalue weighted by molar-refractivity contribution is 0.112. The molecular weight excluding hydrogens is 270 g/mol. The lowest BCUT2D eigenvalue weighted by Gasteiger charge is -2.06. The Labute approximate surface area is 109 Å². The molecule has 0 saturated carbocycles. The molecule has 0 aliphatic rings. The Hall–Kier alpha value is -1.66. The largest absolute Gasteiger partial charge is 0.298 e. The van der Waals surface area contributed by atoms with Crippen LogP contribution in [0.3, 0.4) is 0 Å². The molecule has 0 aliphatic heterocycles. The van der Waals surface area contributed by atoms with Gasteiger partial charge < -0.3 is 0 Å². The highest BCUT2D eigenvalue weighted by atomic mass is 32.2. The smallest absolute Gasteiger partial charge is 0.271 e. The van der Waals surface area contributed by atoms with Crippen molar-refractivity contribution in [3.8, 4) is 0 Å². The van der Waals surface area contributed by atoms with Gasteiger partial charge in [-0.05, 0) is 31.2 Å². The van der Waals surface area contributed by atoms with Gasteiger partial charge in [0.1, 0.15) is 10.5 Å². The summed E-state index contributed by atoms with van der Waals surface area (Å²) in [5.74, 6) is 0. The monoisotopic (exact) mass is 281 g/mol. The van der Waals surface area contributed by atoms with Gasteiger partial charge in [0.15, 0.2) is 0 Å². The van der Waals surface area contributed by atoms with Crippen molar-refractivity contribution in [2.75, 3.05) is 4.72 Å². The first kappa shape index (κ1) is 12.8. The predicted octanol–water partition coefficient (Wildman–Crippen LogP) is 2.67. The van der Waals surface area contributed by atoms with Crippen molar-refractivity contribution in [1.82, 2.24) is 0 Å². The van der Waals surface area contributed by atoms with Crippen LogP contribution in [-0.2, 0) is 10.0 Å². The number of sulfonamides is 1. The summed E-state index contributed by atoms with van der Waals surface area (Å²) in [6, 6.07) is 9.64. The molecule has 1 aromatic heterocycles. The zero-order valence-electron chi connectivity index (χ0n) is 9.58. The van der Waals surface area contributed by atoms with E-state index < -0.39 is 10.0 Å². The average Bonchev–Trinajstić information content (AvgIpc) is 2.76. The van der Waals surface area contributed by atoms with E-state index in [0.29, 0.717) is 17.5 Å². The summed E-state index contributed by atoms with van der Waals surface area (Å²) in [4.78, 5) is 11.6. The Morgan fingerprint density at radius 3 is 2.61 bits per heavy atom. The first-order valence-electron chi connectivity index (χ1n) is 5.16. The molecule has 0 aliphatic carbocycles. The number of rotatable bonds is 4. The fraction of sp³-hybridized carbons (Fsp3) is 0.0833. The highest BCUT2D eigenvalue weighted by molar-refractivity contribution is 7.94. The number of carbonyl (C=O) groups is 1. The van der Waals surface area contributed by atoms with Crippen LogP contribution in [0.5, 0.6) is 0 Å². The molecule has 0 amide bonds. The summed E-state index contributed by atoms with van der Waals surface area (Å²) < 4.78 is 26.8. The fourth-order valence-electron chi connectivity index (χ4n) is 1.44. The van der Waals surface area contributed by atoms with E-state index in [1.165, 1.54) is 17.4 Å². The van der Waals surface area contributed by atoms with E-state index in [9.17, 15) is 13.2 Å². The Kier molecular flexibility index (Phi) is 3.49. The zero-order chi connectivity index (χ0) is 13.2. The van der Waals surface area contributed by atoms with Crippen molar-refractivity contribution in [2.45, 2.75) is 11.1 Å². The number of benzene rings is 1. The van der Waals surface area contributed by atoms with Gasteiger partial charge >= 0.3 is 0 Å². The molecular formula is C12H11NO3S2. The number of hydrogen-bond donors (Lipinski definition) is 1. The van der Waals surface area contributed by atoms with Gasteiger partial charge in [-0.2, -0.15) is 0 Å². The van der Waals surface area contributed by atoms with E-state index >= 15 is 0 Å². The summed E-state index contributed by atoms with van der Waals surface area (Å²) in [6.07, 6.45) is 0.674.